The monoisotopic (exact) mass is 289 g/mol. The van der Waals surface area contributed by atoms with Crippen LogP contribution in [0.15, 0.2) is 12.1 Å². The largest absolute Gasteiger partial charge is 0.399 e. The number of nitrogen functional groups attached to an aromatic ring is 1. The minimum atomic E-state index is -3.41. The fraction of sp³-hybridized carbons (Fsp3) is 0.364. The average Bonchev–Trinajstić information content (AvgIpc) is 2.33. The molecule has 1 amide bonds. The van der Waals surface area contributed by atoms with Gasteiger partial charge in [0.05, 0.1) is 11.3 Å². The van der Waals surface area contributed by atoms with Crippen LogP contribution in [0.1, 0.15) is 15.9 Å². The maximum absolute atomic E-state index is 13.7. The molecule has 4 N–H and O–H groups in total. The highest BCUT2D eigenvalue weighted by Crippen LogP contribution is 2.16. The summed E-state index contributed by atoms with van der Waals surface area (Å²) in [4.78, 5) is 11.7. The number of aryl methyl sites for hydroxylation is 1. The molecule has 106 valence electrons. The zero-order valence-electron chi connectivity index (χ0n) is 10.7. The van der Waals surface area contributed by atoms with Crippen molar-refractivity contribution in [2.45, 2.75) is 6.92 Å². The number of hydrogen-bond donors (Lipinski definition) is 3. The number of rotatable bonds is 5. The summed E-state index contributed by atoms with van der Waals surface area (Å²) in [7, 11) is -2.13. The van der Waals surface area contributed by atoms with E-state index in [1.54, 1.807) is 0 Å². The minimum Gasteiger partial charge on any atom is -0.399 e. The van der Waals surface area contributed by atoms with E-state index in [-0.39, 0.29) is 29.1 Å². The highest BCUT2D eigenvalue weighted by molar-refractivity contribution is 7.89. The van der Waals surface area contributed by atoms with Crippen molar-refractivity contribution < 1.29 is 17.6 Å². The molecule has 8 heteroatoms. The van der Waals surface area contributed by atoms with Crippen molar-refractivity contribution in [3.63, 3.8) is 0 Å². The molecule has 0 atom stereocenters. The average molecular weight is 289 g/mol. The third-order valence-corrected chi connectivity index (χ3v) is 3.85. The molecule has 0 saturated carbocycles. The van der Waals surface area contributed by atoms with E-state index in [4.69, 9.17) is 5.73 Å². The fourth-order valence-corrected chi connectivity index (χ4v) is 2.03. The molecule has 0 radical (unpaired) electrons. The number of carbonyl (C=O) groups is 1. The van der Waals surface area contributed by atoms with Crippen molar-refractivity contribution in [2.75, 3.05) is 25.1 Å². The second kappa shape index (κ2) is 5.98. The highest BCUT2D eigenvalue weighted by Gasteiger charge is 2.15. The van der Waals surface area contributed by atoms with Gasteiger partial charge in [0.1, 0.15) is 5.82 Å². The number of carbonyl (C=O) groups excluding carboxylic acids is 1. The number of benzene rings is 1. The third-order valence-electron chi connectivity index (χ3n) is 2.49. The lowest BCUT2D eigenvalue weighted by Crippen LogP contribution is -2.33. The SMILES string of the molecule is CNS(=O)(=O)CCNC(=O)c1cc(N)cc(C)c1F. The Labute approximate surface area is 111 Å². The number of sulfonamides is 1. The highest BCUT2D eigenvalue weighted by atomic mass is 32.2. The Hall–Kier alpha value is -1.67. The summed E-state index contributed by atoms with van der Waals surface area (Å²) in [5.74, 6) is -1.64. The zero-order valence-corrected chi connectivity index (χ0v) is 11.5. The van der Waals surface area contributed by atoms with Crippen molar-refractivity contribution in [1.29, 1.82) is 0 Å². The van der Waals surface area contributed by atoms with Gasteiger partial charge < -0.3 is 11.1 Å². The van der Waals surface area contributed by atoms with E-state index < -0.39 is 21.7 Å². The zero-order chi connectivity index (χ0) is 14.6. The molecule has 19 heavy (non-hydrogen) atoms. The minimum absolute atomic E-state index is 0.116. The fourth-order valence-electron chi connectivity index (χ4n) is 1.46. The summed E-state index contributed by atoms with van der Waals surface area (Å²) >= 11 is 0. The normalized spacial score (nSPS) is 11.3. The van der Waals surface area contributed by atoms with Crippen LogP contribution < -0.4 is 15.8 Å². The maximum Gasteiger partial charge on any atom is 0.254 e. The first-order valence-corrected chi connectivity index (χ1v) is 7.17. The van der Waals surface area contributed by atoms with Gasteiger partial charge in [0.25, 0.3) is 5.91 Å². The molecule has 0 fully saturated rings. The second-order valence-electron chi connectivity index (χ2n) is 3.98. The Balaban J connectivity index is 2.75. The van der Waals surface area contributed by atoms with Crippen LogP contribution in [0.5, 0.6) is 0 Å². The Morgan fingerprint density at radius 2 is 2.05 bits per heavy atom. The van der Waals surface area contributed by atoms with Gasteiger partial charge >= 0.3 is 0 Å². The van der Waals surface area contributed by atoms with Gasteiger partial charge in [-0.1, -0.05) is 0 Å². The summed E-state index contributed by atoms with van der Waals surface area (Å²) in [5.41, 5.74) is 5.87. The number of amides is 1. The molecular formula is C11H16FN3O3S. The van der Waals surface area contributed by atoms with Gasteiger partial charge in [-0.25, -0.2) is 17.5 Å². The topological polar surface area (TPSA) is 101 Å². The maximum atomic E-state index is 13.7. The van der Waals surface area contributed by atoms with Crippen LogP contribution in [0.2, 0.25) is 0 Å². The van der Waals surface area contributed by atoms with E-state index >= 15 is 0 Å². The Kier molecular flexibility index (Phi) is 4.84. The molecule has 6 nitrogen and oxygen atoms in total. The standard InChI is InChI=1S/C11H16FN3O3S/c1-7-5-8(13)6-9(10(7)12)11(16)15-3-4-19(17,18)14-2/h5-6,14H,3-4,13H2,1-2H3,(H,15,16). The van der Waals surface area contributed by atoms with Crippen molar-refractivity contribution in [3.05, 3.63) is 29.1 Å². The molecule has 0 aliphatic rings. The van der Waals surface area contributed by atoms with E-state index in [1.807, 2.05) is 0 Å². The lowest BCUT2D eigenvalue weighted by atomic mass is 10.1. The van der Waals surface area contributed by atoms with Crippen molar-refractivity contribution in [2.24, 2.45) is 0 Å². The molecular weight excluding hydrogens is 273 g/mol. The van der Waals surface area contributed by atoms with Crippen LogP contribution >= 0.6 is 0 Å². The Bertz CT molecular complexity index is 587. The van der Waals surface area contributed by atoms with E-state index in [0.717, 1.165) is 0 Å². The van der Waals surface area contributed by atoms with E-state index in [2.05, 4.69) is 10.0 Å². The summed E-state index contributed by atoms with van der Waals surface area (Å²) < 4.78 is 38.1. The number of nitrogens with two attached hydrogens (primary N) is 1. The number of hydrogen-bond acceptors (Lipinski definition) is 4. The first-order valence-electron chi connectivity index (χ1n) is 5.52. The number of anilines is 1. The van der Waals surface area contributed by atoms with Crippen LogP contribution in [0.3, 0.4) is 0 Å². The lowest BCUT2D eigenvalue weighted by molar-refractivity contribution is 0.0952. The summed E-state index contributed by atoms with van der Waals surface area (Å²) in [6, 6.07) is 2.63. The summed E-state index contributed by atoms with van der Waals surface area (Å²) in [5, 5.41) is 2.33. The predicted octanol–water partition coefficient (Wildman–Crippen LogP) is -0.00468. The molecule has 0 saturated heterocycles. The Morgan fingerprint density at radius 3 is 2.63 bits per heavy atom. The van der Waals surface area contributed by atoms with Gasteiger partial charge in [0.2, 0.25) is 10.0 Å². The molecule has 0 heterocycles. The van der Waals surface area contributed by atoms with Gasteiger partial charge in [-0.05, 0) is 31.7 Å². The van der Waals surface area contributed by atoms with Gasteiger partial charge in [-0.15, -0.1) is 0 Å². The molecule has 0 aliphatic heterocycles. The van der Waals surface area contributed by atoms with Gasteiger partial charge in [-0.2, -0.15) is 0 Å². The van der Waals surface area contributed by atoms with Crippen molar-refractivity contribution >= 4 is 21.6 Å². The number of halogens is 1. The molecule has 0 aliphatic carbocycles. The molecule has 0 aromatic heterocycles. The molecule has 1 aromatic carbocycles. The van der Waals surface area contributed by atoms with Crippen molar-refractivity contribution in [1.82, 2.24) is 10.0 Å². The van der Waals surface area contributed by atoms with Crippen LogP contribution in [0.25, 0.3) is 0 Å². The number of nitrogens with one attached hydrogen (secondary N) is 2. The van der Waals surface area contributed by atoms with Crippen LogP contribution in [0.4, 0.5) is 10.1 Å². The van der Waals surface area contributed by atoms with Crippen molar-refractivity contribution in [3.8, 4) is 0 Å². The van der Waals surface area contributed by atoms with Crippen LogP contribution in [-0.4, -0.2) is 33.7 Å². The van der Waals surface area contributed by atoms with Gasteiger partial charge in [0, 0.05) is 12.2 Å². The molecule has 1 rings (SSSR count). The summed E-state index contributed by atoms with van der Waals surface area (Å²) in [6.07, 6.45) is 0. The molecule has 0 spiro atoms. The van der Waals surface area contributed by atoms with E-state index in [0.29, 0.717) is 0 Å². The van der Waals surface area contributed by atoms with Gasteiger partial charge in [0.15, 0.2) is 0 Å². The first-order chi connectivity index (χ1) is 8.76. The van der Waals surface area contributed by atoms with Gasteiger partial charge in [-0.3, -0.25) is 4.79 Å². The lowest BCUT2D eigenvalue weighted by Gasteiger charge is -2.08. The first kappa shape index (κ1) is 15.4. The van der Waals surface area contributed by atoms with Crippen LogP contribution in [0, 0.1) is 12.7 Å². The van der Waals surface area contributed by atoms with E-state index in [1.165, 1.54) is 26.1 Å². The third kappa shape index (κ3) is 4.18. The molecule has 1 aromatic rings. The van der Waals surface area contributed by atoms with E-state index in [9.17, 15) is 17.6 Å². The summed E-state index contributed by atoms with van der Waals surface area (Å²) in [6.45, 7) is 1.38. The Morgan fingerprint density at radius 1 is 1.42 bits per heavy atom. The molecule has 0 bridgehead atoms. The van der Waals surface area contributed by atoms with Crippen LogP contribution in [-0.2, 0) is 10.0 Å². The smallest absolute Gasteiger partial charge is 0.254 e. The predicted molar refractivity (Wildman–Crippen MR) is 70.7 cm³/mol. The molecule has 0 unspecified atom stereocenters. The quantitative estimate of drug-likeness (QED) is 0.664. The second-order valence-corrected chi connectivity index (χ2v) is 6.02.